The van der Waals surface area contributed by atoms with Gasteiger partial charge < -0.3 is 10.6 Å². The summed E-state index contributed by atoms with van der Waals surface area (Å²) in [6.07, 6.45) is 0.540. The van der Waals surface area contributed by atoms with E-state index in [1.165, 1.54) is 12.1 Å². The molecule has 4 rings (SSSR count). The van der Waals surface area contributed by atoms with Gasteiger partial charge >= 0.3 is 6.18 Å². The second-order valence-electron chi connectivity index (χ2n) is 6.86. The van der Waals surface area contributed by atoms with E-state index >= 15 is 0 Å². The van der Waals surface area contributed by atoms with Crippen LogP contribution in [0.5, 0.6) is 0 Å². The van der Waals surface area contributed by atoms with Gasteiger partial charge in [0.25, 0.3) is 5.91 Å². The molecule has 7 nitrogen and oxygen atoms in total. The summed E-state index contributed by atoms with van der Waals surface area (Å²) in [5.74, 6) is 1.17. The summed E-state index contributed by atoms with van der Waals surface area (Å²) in [6, 6.07) is 12.7. The van der Waals surface area contributed by atoms with E-state index in [1.807, 2.05) is 0 Å². The Labute approximate surface area is 181 Å². The number of carbonyl (C=O) groups is 1. The van der Waals surface area contributed by atoms with Crippen LogP contribution in [0, 0.1) is 6.92 Å². The molecule has 0 radical (unpaired) electrons. The van der Waals surface area contributed by atoms with Crippen LogP contribution in [0.3, 0.4) is 0 Å². The summed E-state index contributed by atoms with van der Waals surface area (Å²) in [5.41, 5.74) is 0.193. The number of aromatic nitrogens is 4. The summed E-state index contributed by atoms with van der Waals surface area (Å²) in [4.78, 5) is 25.1. The predicted octanol–water partition coefficient (Wildman–Crippen LogP) is 4.99. The van der Waals surface area contributed by atoms with Gasteiger partial charge in [-0.2, -0.15) is 13.2 Å². The molecule has 0 aliphatic heterocycles. The molecular formula is C22H17F3N6O. The van der Waals surface area contributed by atoms with Crippen LogP contribution < -0.4 is 10.6 Å². The summed E-state index contributed by atoms with van der Waals surface area (Å²) in [6.45, 7) is 1.78. The van der Waals surface area contributed by atoms with Crippen LogP contribution in [-0.2, 0) is 6.18 Å². The van der Waals surface area contributed by atoms with Crippen molar-refractivity contribution in [2.75, 3.05) is 10.6 Å². The molecule has 10 heteroatoms. The molecule has 0 aliphatic carbocycles. The largest absolute Gasteiger partial charge is 0.416 e. The number of hydrogen-bond donors (Lipinski definition) is 2. The summed E-state index contributed by atoms with van der Waals surface area (Å²) < 4.78 is 40.3. The smallest absolute Gasteiger partial charge is 0.340 e. The van der Waals surface area contributed by atoms with Crippen molar-refractivity contribution in [3.05, 3.63) is 90.3 Å². The van der Waals surface area contributed by atoms with E-state index in [-0.39, 0.29) is 5.56 Å². The lowest BCUT2D eigenvalue weighted by Gasteiger charge is -2.11. The number of halogens is 3. The highest BCUT2D eigenvalue weighted by Crippen LogP contribution is 2.29. The molecule has 2 aromatic heterocycles. The van der Waals surface area contributed by atoms with Gasteiger partial charge in [-0.15, -0.1) is 0 Å². The third kappa shape index (κ3) is 4.91. The molecule has 0 bridgehead atoms. The van der Waals surface area contributed by atoms with Crippen molar-refractivity contribution in [2.24, 2.45) is 0 Å². The van der Waals surface area contributed by atoms with E-state index < -0.39 is 17.6 Å². The van der Waals surface area contributed by atoms with Crippen LogP contribution in [0.4, 0.5) is 30.4 Å². The first-order chi connectivity index (χ1) is 15.3. The molecule has 0 spiro atoms. The molecule has 0 atom stereocenters. The van der Waals surface area contributed by atoms with E-state index in [1.54, 1.807) is 60.5 Å². The maximum Gasteiger partial charge on any atom is 0.416 e. The molecule has 2 aromatic carbocycles. The predicted molar refractivity (Wildman–Crippen MR) is 113 cm³/mol. The number of carbonyl (C=O) groups excluding carboxylic acids is 1. The third-order valence-electron chi connectivity index (χ3n) is 4.46. The van der Waals surface area contributed by atoms with Crippen LogP contribution >= 0.6 is 0 Å². The number of nitrogens with zero attached hydrogens (tertiary/aromatic N) is 4. The van der Waals surface area contributed by atoms with Gasteiger partial charge in [0.1, 0.15) is 23.8 Å². The second kappa shape index (κ2) is 8.50. The minimum absolute atomic E-state index is 0.0782. The van der Waals surface area contributed by atoms with Crippen LogP contribution in [0.15, 0.2) is 73.3 Å². The van der Waals surface area contributed by atoms with Crippen molar-refractivity contribution in [3.63, 3.8) is 0 Å². The van der Waals surface area contributed by atoms with Crippen LogP contribution in [0.1, 0.15) is 21.7 Å². The Balaban J connectivity index is 1.46. The summed E-state index contributed by atoms with van der Waals surface area (Å²) in [7, 11) is 0. The highest BCUT2D eigenvalue weighted by atomic mass is 19.4. The number of alkyl halides is 3. The van der Waals surface area contributed by atoms with Crippen LogP contribution in [-0.4, -0.2) is 25.4 Å². The van der Waals surface area contributed by atoms with Gasteiger partial charge in [-0.25, -0.2) is 15.0 Å². The van der Waals surface area contributed by atoms with E-state index in [0.717, 1.165) is 12.1 Å². The molecule has 4 aromatic rings. The average molecular weight is 438 g/mol. The van der Waals surface area contributed by atoms with E-state index in [4.69, 9.17) is 0 Å². The number of anilines is 3. The highest BCUT2D eigenvalue weighted by molar-refractivity contribution is 6.04. The van der Waals surface area contributed by atoms with Crippen LogP contribution in [0.25, 0.3) is 5.82 Å². The molecule has 32 heavy (non-hydrogen) atoms. The Kier molecular flexibility index (Phi) is 5.59. The van der Waals surface area contributed by atoms with Gasteiger partial charge in [0.05, 0.1) is 5.56 Å². The van der Waals surface area contributed by atoms with E-state index in [0.29, 0.717) is 28.8 Å². The number of imidazole rings is 1. The fraction of sp³-hybridized carbons (Fsp3) is 0.0909. The normalized spacial score (nSPS) is 11.2. The molecule has 0 saturated carbocycles. The molecule has 2 heterocycles. The highest BCUT2D eigenvalue weighted by Gasteiger charge is 2.30. The topological polar surface area (TPSA) is 84.7 Å². The Bertz CT molecular complexity index is 1240. The molecule has 1 amide bonds. The first-order valence-corrected chi connectivity index (χ1v) is 9.48. The molecule has 0 saturated heterocycles. The Hall–Kier alpha value is -4.21. The zero-order valence-corrected chi connectivity index (χ0v) is 16.8. The Morgan fingerprint density at radius 1 is 1.00 bits per heavy atom. The zero-order chi connectivity index (χ0) is 22.7. The van der Waals surface area contributed by atoms with Gasteiger partial charge in [0.2, 0.25) is 0 Å². The lowest BCUT2D eigenvalue weighted by molar-refractivity contribution is -0.137. The fourth-order valence-electron chi connectivity index (χ4n) is 2.97. The average Bonchev–Trinajstić information content (AvgIpc) is 3.29. The standard InChI is InChI=1S/C22H17F3N6O/c1-14-27-19(12-20(28-14)31-10-9-26-13-31)29-17-5-7-18(8-6-17)30-21(32)15-3-2-4-16(11-15)22(23,24)25/h2-13H,1H3,(H,30,32)(H,27,28,29). The molecule has 0 unspecified atom stereocenters. The Morgan fingerprint density at radius 3 is 2.44 bits per heavy atom. The van der Waals surface area contributed by atoms with Crippen LogP contribution in [0.2, 0.25) is 0 Å². The van der Waals surface area contributed by atoms with Crippen molar-refractivity contribution in [1.82, 2.24) is 19.5 Å². The van der Waals surface area contributed by atoms with Crippen molar-refractivity contribution >= 4 is 23.1 Å². The van der Waals surface area contributed by atoms with Crippen molar-refractivity contribution in [2.45, 2.75) is 13.1 Å². The third-order valence-corrected chi connectivity index (χ3v) is 4.46. The second-order valence-corrected chi connectivity index (χ2v) is 6.86. The fourth-order valence-corrected chi connectivity index (χ4v) is 2.97. The molecule has 0 fully saturated rings. The number of aryl methyl sites for hydroxylation is 1. The van der Waals surface area contributed by atoms with E-state index in [2.05, 4.69) is 25.6 Å². The van der Waals surface area contributed by atoms with Gasteiger partial charge in [-0.05, 0) is 49.4 Å². The van der Waals surface area contributed by atoms with E-state index in [9.17, 15) is 18.0 Å². The molecule has 2 N–H and O–H groups in total. The molecule has 0 aliphatic rings. The maximum atomic E-state index is 12.9. The first-order valence-electron chi connectivity index (χ1n) is 9.48. The number of benzene rings is 2. The summed E-state index contributed by atoms with van der Waals surface area (Å²) in [5, 5.41) is 5.76. The first kappa shape index (κ1) is 21.0. The van der Waals surface area contributed by atoms with Gasteiger partial charge in [0.15, 0.2) is 0 Å². The lowest BCUT2D eigenvalue weighted by Crippen LogP contribution is -2.13. The number of amides is 1. The number of rotatable bonds is 5. The Morgan fingerprint density at radius 2 is 1.75 bits per heavy atom. The zero-order valence-electron chi connectivity index (χ0n) is 16.8. The lowest BCUT2D eigenvalue weighted by atomic mass is 10.1. The maximum absolute atomic E-state index is 12.9. The minimum Gasteiger partial charge on any atom is -0.340 e. The van der Waals surface area contributed by atoms with Crippen molar-refractivity contribution < 1.29 is 18.0 Å². The number of hydrogen-bond acceptors (Lipinski definition) is 5. The molecular weight excluding hydrogens is 421 g/mol. The minimum atomic E-state index is -4.51. The quantitative estimate of drug-likeness (QED) is 0.459. The van der Waals surface area contributed by atoms with Gasteiger partial charge in [0, 0.05) is 35.4 Å². The SMILES string of the molecule is Cc1nc(Nc2ccc(NC(=O)c3cccc(C(F)(F)F)c3)cc2)cc(-n2ccnc2)n1. The van der Waals surface area contributed by atoms with Crippen molar-refractivity contribution in [3.8, 4) is 5.82 Å². The number of nitrogens with one attached hydrogen (secondary N) is 2. The van der Waals surface area contributed by atoms with Gasteiger partial charge in [-0.3, -0.25) is 9.36 Å². The van der Waals surface area contributed by atoms with Crippen molar-refractivity contribution in [1.29, 1.82) is 0 Å². The monoisotopic (exact) mass is 438 g/mol. The molecule has 162 valence electrons. The van der Waals surface area contributed by atoms with Gasteiger partial charge in [-0.1, -0.05) is 6.07 Å². The summed E-state index contributed by atoms with van der Waals surface area (Å²) >= 11 is 0.